The van der Waals surface area contributed by atoms with E-state index in [4.69, 9.17) is 11.6 Å². The quantitative estimate of drug-likeness (QED) is 0.783. The molecule has 0 radical (unpaired) electrons. The van der Waals surface area contributed by atoms with Gasteiger partial charge in [-0.3, -0.25) is 19.2 Å². The fourth-order valence-electron chi connectivity index (χ4n) is 2.49. The lowest BCUT2D eigenvalue weighted by Gasteiger charge is -2.37. The van der Waals surface area contributed by atoms with E-state index in [0.29, 0.717) is 30.6 Å². The Morgan fingerprint density at radius 3 is 2.81 bits per heavy atom. The van der Waals surface area contributed by atoms with Crippen molar-refractivity contribution in [1.29, 1.82) is 0 Å². The normalized spacial score (nSPS) is 16.6. The highest BCUT2D eigenvalue weighted by Gasteiger charge is 2.36. The lowest BCUT2D eigenvalue weighted by atomic mass is 9.91. The van der Waals surface area contributed by atoms with Crippen molar-refractivity contribution in [2.75, 3.05) is 17.3 Å². The first-order chi connectivity index (χ1) is 10.0. The van der Waals surface area contributed by atoms with Crippen molar-refractivity contribution in [2.24, 2.45) is 5.41 Å². The van der Waals surface area contributed by atoms with Crippen LogP contribution in [0.25, 0.3) is 11.5 Å². The molecule has 3 heterocycles. The van der Waals surface area contributed by atoms with Crippen molar-refractivity contribution in [1.82, 2.24) is 24.7 Å². The number of hydrogen-bond donors (Lipinski definition) is 0. The van der Waals surface area contributed by atoms with E-state index in [1.165, 1.54) is 0 Å². The van der Waals surface area contributed by atoms with E-state index in [-0.39, 0.29) is 17.2 Å². The fourth-order valence-corrected chi connectivity index (χ4v) is 2.64. The Kier molecular flexibility index (Phi) is 3.36. The predicted molar refractivity (Wildman–Crippen MR) is 77.9 cm³/mol. The molecular formula is C13H15ClN6O. The van der Waals surface area contributed by atoms with Crippen molar-refractivity contribution in [2.45, 2.75) is 20.4 Å². The lowest BCUT2D eigenvalue weighted by Crippen LogP contribution is -2.47. The van der Waals surface area contributed by atoms with Crippen molar-refractivity contribution < 1.29 is 4.79 Å². The second-order valence-corrected chi connectivity index (χ2v) is 6.05. The zero-order chi connectivity index (χ0) is 15.0. The summed E-state index contributed by atoms with van der Waals surface area (Å²) in [4.78, 5) is 21.9. The average Bonchev–Trinajstić information content (AvgIpc) is 2.88. The maximum atomic E-state index is 12.0. The van der Waals surface area contributed by atoms with Crippen LogP contribution in [0.3, 0.4) is 0 Å². The number of aromatic nitrogens is 5. The summed E-state index contributed by atoms with van der Waals surface area (Å²) in [6.45, 7) is 5.44. The molecule has 1 amide bonds. The molecule has 2 aromatic heterocycles. The van der Waals surface area contributed by atoms with Crippen LogP contribution in [0.2, 0.25) is 0 Å². The molecule has 0 aliphatic carbocycles. The molecule has 0 saturated carbocycles. The summed E-state index contributed by atoms with van der Waals surface area (Å²) in [6.07, 6.45) is 4.84. The van der Waals surface area contributed by atoms with Gasteiger partial charge in [-0.05, 0) is 0 Å². The summed E-state index contributed by atoms with van der Waals surface area (Å²) in [5.41, 5.74) is 0.529. The van der Waals surface area contributed by atoms with Crippen LogP contribution in [-0.4, -0.2) is 43.1 Å². The third-order valence-corrected chi connectivity index (χ3v) is 3.58. The number of anilines is 1. The fraction of sp³-hybridized carbons (Fsp3) is 0.462. The van der Waals surface area contributed by atoms with Crippen LogP contribution < -0.4 is 4.90 Å². The minimum atomic E-state index is -0.177. The topological polar surface area (TPSA) is 76.8 Å². The maximum Gasteiger partial charge on any atom is 0.244 e. The van der Waals surface area contributed by atoms with Crippen LogP contribution in [0.1, 0.15) is 13.8 Å². The van der Waals surface area contributed by atoms with Crippen molar-refractivity contribution in [3.63, 3.8) is 0 Å². The molecule has 0 fully saturated rings. The molecular weight excluding hydrogens is 292 g/mol. The Morgan fingerprint density at radius 2 is 2.14 bits per heavy atom. The van der Waals surface area contributed by atoms with E-state index < -0.39 is 0 Å². The summed E-state index contributed by atoms with van der Waals surface area (Å²) in [7, 11) is 0. The molecule has 3 rings (SSSR count). The zero-order valence-electron chi connectivity index (χ0n) is 11.8. The monoisotopic (exact) mass is 306 g/mol. The molecule has 110 valence electrons. The van der Waals surface area contributed by atoms with Gasteiger partial charge < -0.3 is 0 Å². The lowest BCUT2D eigenvalue weighted by molar-refractivity contribution is -0.117. The first-order valence-electron chi connectivity index (χ1n) is 6.58. The Hall–Kier alpha value is -2.02. The summed E-state index contributed by atoms with van der Waals surface area (Å²) < 4.78 is 1.90. The van der Waals surface area contributed by atoms with Crippen LogP contribution in [0, 0.1) is 5.41 Å². The number of halogens is 1. The van der Waals surface area contributed by atoms with E-state index in [1.807, 2.05) is 4.57 Å². The van der Waals surface area contributed by atoms with Gasteiger partial charge in [0.1, 0.15) is 11.6 Å². The van der Waals surface area contributed by atoms with Gasteiger partial charge in [0.05, 0.1) is 6.20 Å². The highest BCUT2D eigenvalue weighted by Crippen LogP contribution is 2.33. The Labute approximate surface area is 127 Å². The zero-order valence-corrected chi connectivity index (χ0v) is 12.6. The van der Waals surface area contributed by atoms with E-state index in [0.717, 1.165) is 0 Å². The molecule has 0 atom stereocenters. The maximum absolute atomic E-state index is 12.0. The number of rotatable bonds is 2. The van der Waals surface area contributed by atoms with Crippen molar-refractivity contribution in [3.8, 4) is 11.5 Å². The molecule has 8 heteroatoms. The molecule has 0 aromatic carbocycles. The summed E-state index contributed by atoms with van der Waals surface area (Å²) in [5.74, 6) is 0.867. The van der Waals surface area contributed by atoms with Gasteiger partial charge in [0.15, 0.2) is 5.82 Å². The highest BCUT2D eigenvalue weighted by molar-refractivity contribution is 6.29. The van der Waals surface area contributed by atoms with Gasteiger partial charge in [-0.25, -0.2) is 4.98 Å². The van der Waals surface area contributed by atoms with Crippen molar-refractivity contribution >= 4 is 23.5 Å². The standard InChI is InChI=1S/C13H15ClN6O/c1-13(2)7-19(10(21)5-14)12-18-17-11(20(12)8-13)9-6-15-3-4-16-9/h3-4,6H,5,7-8H2,1-2H3. The van der Waals surface area contributed by atoms with Crippen molar-refractivity contribution in [3.05, 3.63) is 18.6 Å². The van der Waals surface area contributed by atoms with E-state index in [9.17, 15) is 4.79 Å². The second kappa shape index (κ2) is 5.07. The number of hydrogen-bond acceptors (Lipinski definition) is 5. The molecule has 0 N–H and O–H groups in total. The molecule has 0 unspecified atom stereocenters. The smallest absolute Gasteiger partial charge is 0.244 e. The Morgan fingerprint density at radius 1 is 1.33 bits per heavy atom. The van der Waals surface area contributed by atoms with Crippen LogP contribution in [0.5, 0.6) is 0 Å². The van der Waals surface area contributed by atoms with E-state index >= 15 is 0 Å². The molecule has 0 bridgehead atoms. The third kappa shape index (κ3) is 2.49. The number of amides is 1. The Bertz CT molecular complexity index is 669. The van der Waals surface area contributed by atoms with Gasteiger partial charge in [-0.1, -0.05) is 13.8 Å². The van der Waals surface area contributed by atoms with Gasteiger partial charge >= 0.3 is 0 Å². The van der Waals surface area contributed by atoms with Gasteiger partial charge in [-0.15, -0.1) is 21.8 Å². The number of fused-ring (bicyclic) bond motifs is 1. The van der Waals surface area contributed by atoms with Crippen LogP contribution in [-0.2, 0) is 11.3 Å². The predicted octanol–water partition coefficient (Wildman–Crippen LogP) is 1.35. The van der Waals surface area contributed by atoms with Crippen LogP contribution in [0.4, 0.5) is 5.95 Å². The minimum absolute atomic E-state index is 0.0799. The molecule has 2 aromatic rings. The molecule has 1 aliphatic heterocycles. The van der Waals surface area contributed by atoms with Gasteiger partial charge in [0.2, 0.25) is 11.9 Å². The van der Waals surface area contributed by atoms with Crippen LogP contribution in [0.15, 0.2) is 18.6 Å². The first-order valence-corrected chi connectivity index (χ1v) is 7.11. The van der Waals surface area contributed by atoms with E-state index in [2.05, 4.69) is 34.0 Å². The second-order valence-electron chi connectivity index (χ2n) is 5.78. The number of nitrogens with zero attached hydrogens (tertiary/aromatic N) is 6. The van der Waals surface area contributed by atoms with Gasteiger partial charge in [0.25, 0.3) is 0 Å². The average molecular weight is 307 g/mol. The molecule has 21 heavy (non-hydrogen) atoms. The van der Waals surface area contributed by atoms with E-state index in [1.54, 1.807) is 23.5 Å². The molecule has 0 spiro atoms. The van der Waals surface area contributed by atoms with Crippen LogP contribution >= 0.6 is 11.6 Å². The Balaban J connectivity index is 2.10. The number of alkyl halides is 1. The first kappa shape index (κ1) is 13.9. The summed E-state index contributed by atoms with van der Waals surface area (Å²) in [6, 6.07) is 0. The SMILES string of the molecule is CC1(C)CN(C(=O)CCl)c2nnc(-c3cnccn3)n2C1. The van der Waals surface area contributed by atoms with Gasteiger partial charge in [0, 0.05) is 30.9 Å². The number of carbonyl (C=O) groups excluding carboxylic acids is 1. The molecule has 7 nitrogen and oxygen atoms in total. The minimum Gasteiger partial charge on any atom is -0.291 e. The largest absolute Gasteiger partial charge is 0.291 e. The molecule has 0 saturated heterocycles. The third-order valence-electron chi connectivity index (χ3n) is 3.35. The summed E-state index contributed by atoms with van der Waals surface area (Å²) >= 11 is 5.70. The highest BCUT2D eigenvalue weighted by atomic mass is 35.5. The molecule has 1 aliphatic rings. The summed E-state index contributed by atoms with van der Waals surface area (Å²) in [5, 5.41) is 8.31. The number of carbonyl (C=O) groups is 1. The van der Waals surface area contributed by atoms with Gasteiger partial charge in [-0.2, -0.15) is 0 Å².